The fraction of sp³-hybridized carbons (Fsp3) is 0.750. The van der Waals surface area contributed by atoms with E-state index in [4.69, 9.17) is 10.7 Å². The molecule has 0 aliphatic carbocycles. The summed E-state index contributed by atoms with van der Waals surface area (Å²) < 4.78 is 0. The average Bonchev–Trinajstić information content (AvgIpc) is 2.47. The average molecular weight is 226 g/mol. The van der Waals surface area contributed by atoms with Crippen LogP contribution >= 0.6 is 11.3 Å². The van der Waals surface area contributed by atoms with Gasteiger partial charge in [0.05, 0.1) is 10.7 Å². The van der Waals surface area contributed by atoms with E-state index in [1.807, 2.05) is 11.3 Å². The predicted octanol–water partition coefficient (Wildman–Crippen LogP) is 2.97. The maximum absolute atomic E-state index is 5.56. The van der Waals surface area contributed by atoms with Crippen LogP contribution < -0.4 is 5.73 Å². The zero-order valence-electron chi connectivity index (χ0n) is 10.2. The Hall–Kier alpha value is -0.410. The second kappa shape index (κ2) is 5.61. The minimum absolute atomic E-state index is 0.586. The van der Waals surface area contributed by atoms with Gasteiger partial charge >= 0.3 is 0 Å². The zero-order valence-corrected chi connectivity index (χ0v) is 11.0. The van der Waals surface area contributed by atoms with Crippen LogP contribution in [0.4, 0.5) is 0 Å². The van der Waals surface area contributed by atoms with Crippen molar-refractivity contribution in [2.24, 2.45) is 11.7 Å². The second-order valence-electron chi connectivity index (χ2n) is 4.71. The molecule has 0 amide bonds. The highest BCUT2D eigenvalue weighted by Crippen LogP contribution is 2.28. The molecule has 2 nitrogen and oxygen atoms in total. The first-order valence-corrected chi connectivity index (χ1v) is 6.54. The third-order valence-electron chi connectivity index (χ3n) is 2.26. The Labute approximate surface area is 96.9 Å². The number of thiazole rings is 1. The van der Waals surface area contributed by atoms with Gasteiger partial charge in [-0.15, -0.1) is 11.3 Å². The molecule has 1 aromatic rings. The number of aromatic nitrogens is 1. The molecule has 0 saturated heterocycles. The minimum Gasteiger partial charge on any atom is -0.330 e. The summed E-state index contributed by atoms with van der Waals surface area (Å²) in [7, 11) is 0. The Morgan fingerprint density at radius 3 is 2.40 bits per heavy atom. The van der Waals surface area contributed by atoms with Crippen molar-refractivity contribution in [2.75, 3.05) is 6.54 Å². The summed E-state index contributed by atoms with van der Waals surface area (Å²) in [4.78, 5) is 6.15. The Morgan fingerprint density at radius 2 is 1.93 bits per heavy atom. The van der Waals surface area contributed by atoms with Crippen LogP contribution in [-0.2, 0) is 12.8 Å². The Kier molecular flexibility index (Phi) is 4.74. The standard InChI is InChI=1S/C12H22N2S/c1-8(2)7-10-12(9(3)4)15-11(14-10)5-6-13/h8-9H,5-7,13H2,1-4H3. The van der Waals surface area contributed by atoms with E-state index in [-0.39, 0.29) is 0 Å². The SMILES string of the molecule is CC(C)Cc1nc(CCN)sc1C(C)C. The van der Waals surface area contributed by atoms with E-state index in [1.54, 1.807) is 0 Å². The van der Waals surface area contributed by atoms with Gasteiger partial charge in [0, 0.05) is 11.3 Å². The molecule has 0 unspecified atom stereocenters. The van der Waals surface area contributed by atoms with E-state index in [2.05, 4.69) is 27.7 Å². The van der Waals surface area contributed by atoms with Gasteiger partial charge in [0.2, 0.25) is 0 Å². The van der Waals surface area contributed by atoms with Crippen LogP contribution in [0.5, 0.6) is 0 Å². The van der Waals surface area contributed by atoms with Crippen molar-refractivity contribution in [2.45, 2.75) is 46.5 Å². The number of hydrogen-bond acceptors (Lipinski definition) is 3. The van der Waals surface area contributed by atoms with Crippen molar-refractivity contribution >= 4 is 11.3 Å². The fourth-order valence-electron chi connectivity index (χ4n) is 1.63. The normalized spacial score (nSPS) is 11.7. The molecule has 0 aliphatic rings. The summed E-state index contributed by atoms with van der Waals surface area (Å²) in [5, 5.41) is 1.21. The molecule has 0 saturated carbocycles. The highest BCUT2D eigenvalue weighted by atomic mass is 32.1. The summed E-state index contributed by atoms with van der Waals surface area (Å²) in [6.07, 6.45) is 2.01. The highest BCUT2D eigenvalue weighted by Gasteiger charge is 2.14. The molecule has 15 heavy (non-hydrogen) atoms. The summed E-state index contributed by atoms with van der Waals surface area (Å²) in [6, 6.07) is 0. The van der Waals surface area contributed by atoms with Crippen LogP contribution in [0.1, 0.15) is 49.2 Å². The largest absolute Gasteiger partial charge is 0.330 e. The lowest BCUT2D eigenvalue weighted by molar-refractivity contribution is 0.628. The summed E-state index contributed by atoms with van der Waals surface area (Å²) >= 11 is 1.84. The molecule has 0 fully saturated rings. The molecule has 0 atom stereocenters. The van der Waals surface area contributed by atoms with Crippen molar-refractivity contribution < 1.29 is 0 Å². The lowest BCUT2D eigenvalue weighted by atomic mass is 10.0. The third kappa shape index (κ3) is 3.58. The Balaban J connectivity index is 2.90. The predicted molar refractivity (Wildman–Crippen MR) is 67.5 cm³/mol. The van der Waals surface area contributed by atoms with E-state index in [1.165, 1.54) is 15.6 Å². The smallest absolute Gasteiger partial charge is 0.0943 e. The molecule has 0 bridgehead atoms. The molecule has 0 aromatic carbocycles. The van der Waals surface area contributed by atoms with Gasteiger partial charge in [0.1, 0.15) is 0 Å². The van der Waals surface area contributed by atoms with Crippen molar-refractivity contribution in [1.29, 1.82) is 0 Å². The number of rotatable bonds is 5. The summed E-state index contributed by atoms with van der Waals surface area (Å²) in [5.41, 5.74) is 6.86. The number of nitrogens with zero attached hydrogens (tertiary/aromatic N) is 1. The van der Waals surface area contributed by atoms with Crippen LogP contribution in [0.3, 0.4) is 0 Å². The van der Waals surface area contributed by atoms with E-state index in [0.29, 0.717) is 18.4 Å². The zero-order chi connectivity index (χ0) is 11.4. The van der Waals surface area contributed by atoms with Crippen LogP contribution in [0.2, 0.25) is 0 Å². The first-order valence-electron chi connectivity index (χ1n) is 5.73. The van der Waals surface area contributed by atoms with Crippen molar-refractivity contribution in [1.82, 2.24) is 4.98 Å². The van der Waals surface area contributed by atoms with E-state index in [9.17, 15) is 0 Å². The summed E-state index contributed by atoms with van der Waals surface area (Å²) in [6.45, 7) is 9.66. The van der Waals surface area contributed by atoms with Gasteiger partial charge in [0.25, 0.3) is 0 Å². The molecule has 0 radical (unpaired) electrons. The third-order valence-corrected chi connectivity index (χ3v) is 3.71. The highest BCUT2D eigenvalue weighted by molar-refractivity contribution is 7.11. The quantitative estimate of drug-likeness (QED) is 0.838. The first kappa shape index (κ1) is 12.7. The van der Waals surface area contributed by atoms with Gasteiger partial charge in [-0.05, 0) is 24.8 Å². The van der Waals surface area contributed by atoms with Gasteiger partial charge in [-0.2, -0.15) is 0 Å². The Bertz CT molecular complexity index is 303. The Morgan fingerprint density at radius 1 is 1.27 bits per heavy atom. The molecular weight excluding hydrogens is 204 g/mol. The van der Waals surface area contributed by atoms with Crippen molar-refractivity contribution in [3.05, 3.63) is 15.6 Å². The van der Waals surface area contributed by atoms with Gasteiger partial charge in [0.15, 0.2) is 0 Å². The molecule has 2 N–H and O–H groups in total. The molecule has 3 heteroatoms. The maximum Gasteiger partial charge on any atom is 0.0943 e. The van der Waals surface area contributed by atoms with Crippen LogP contribution in [0.25, 0.3) is 0 Å². The molecule has 1 rings (SSSR count). The molecule has 0 aliphatic heterocycles. The number of hydrogen-bond donors (Lipinski definition) is 1. The lowest BCUT2D eigenvalue weighted by Gasteiger charge is -2.06. The topological polar surface area (TPSA) is 38.9 Å². The molecule has 1 heterocycles. The maximum atomic E-state index is 5.56. The monoisotopic (exact) mass is 226 g/mol. The number of nitrogens with two attached hydrogens (primary N) is 1. The fourth-order valence-corrected chi connectivity index (χ4v) is 2.74. The van der Waals surface area contributed by atoms with Gasteiger partial charge in [-0.1, -0.05) is 27.7 Å². The summed E-state index contributed by atoms with van der Waals surface area (Å²) in [5.74, 6) is 1.26. The minimum atomic E-state index is 0.586. The van der Waals surface area contributed by atoms with E-state index < -0.39 is 0 Å². The van der Waals surface area contributed by atoms with Gasteiger partial charge < -0.3 is 5.73 Å². The van der Waals surface area contributed by atoms with Crippen molar-refractivity contribution in [3.8, 4) is 0 Å². The molecule has 0 spiro atoms. The van der Waals surface area contributed by atoms with Crippen LogP contribution in [0.15, 0.2) is 0 Å². The van der Waals surface area contributed by atoms with E-state index in [0.717, 1.165) is 12.8 Å². The van der Waals surface area contributed by atoms with Crippen molar-refractivity contribution in [3.63, 3.8) is 0 Å². The van der Waals surface area contributed by atoms with Gasteiger partial charge in [-0.3, -0.25) is 0 Å². The molecule has 86 valence electrons. The first-order chi connectivity index (χ1) is 7.04. The second-order valence-corrected chi connectivity index (χ2v) is 5.83. The molecule has 1 aromatic heterocycles. The van der Waals surface area contributed by atoms with Gasteiger partial charge in [-0.25, -0.2) is 4.98 Å². The van der Waals surface area contributed by atoms with Crippen LogP contribution in [0, 0.1) is 5.92 Å². The van der Waals surface area contributed by atoms with E-state index >= 15 is 0 Å². The lowest BCUT2D eigenvalue weighted by Crippen LogP contribution is -2.03. The van der Waals surface area contributed by atoms with Crippen LogP contribution in [-0.4, -0.2) is 11.5 Å². The molecular formula is C12H22N2S.